The summed E-state index contributed by atoms with van der Waals surface area (Å²) < 4.78 is 101. The van der Waals surface area contributed by atoms with E-state index in [1.54, 1.807) is 18.3 Å². The van der Waals surface area contributed by atoms with Crippen molar-refractivity contribution >= 4 is 55.1 Å². The first kappa shape index (κ1) is 62.5. The number of ether oxygens (including phenoxy) is 6. The molecule has 23 nitrogen and oxygen atoms in total. The lowest BCUT2D eigenvalue weighted by Crippen LogP contribution is -2.45. The van der Waals surface area contributed by atoms with Gasteiger partial charge >= 0.3 is 5.97 Å². The Hall–Kier alpha value is -5.55. The van der Waals surface area contributed by atoms with Gasteiger partial charge in [0.15, 0.2) is 5.82 Å². The van der Waals surface area contributed by atoms with Crippen molar-refractivity contribution in [1.82, 2.24) is 24.6 Å². The maximum absolute atomic E-state index is 12.5. The lowest BCUT2D eigenvalue weighted by molar-refractivity contribution is -0.138. The SMILES string of the molecule is CS(=O)(=O)NCCCOCCOCCOCCCNCCO[C@@H]1C[C@@H](C[C@@H](N)CC[C@H](N)C(=O)O)O[C@H]1C1C=Nc2c(N)ncnc21.O=S(=O)([O-])c1ccccc1C1=c2cc3c4c(c2Oc2c1cc1c5c2CCCN5CCC1)CCC[N+]=4CCC3. The van der Waals surface area contributed by atoms with Gasteiger partial charge in [-0.3, -0.25) is 9.79 Å². The molecular formula is C60H82N10O13S2. The number of fused-ring (bicyclic) bond motifs is 5. The lowest BCUT2D eigenvalue weighted by atomic mass is 9.82. The molecule has 0 spiro atoms. The van der Waals surface area contributed by atoms with Gasteiger partial charge in [-0.1, -0.05) is 18.2 Å². The van der Waals surface area contributed by atoms with Crippen LogP contribution >= 0.6 is 0 Å². The van der Waals surface area contributed by atoms with Crippen molar-refractivity contribution in [2.24, 2.45) is 16.5 Å². The second-order valence-corrected chi connectivity index (χ2v) is 26.1. The monoisotopic (exact) mass is 1210 g/mol. The number of aliphatic imine (C=N–C) groups is 1. The fourth-order valence-electron chi connectivity index (χ4n) is 13.0. The summed E-state index contributed by atoms with van der Waals surface area (Å²) >= 11 is 0. The molecule has 4 aromatic rings. The van der Waals surface area contributed by atoms with E-state index in [-0.39, 0.29) is 35.2 Å². The zero-order chi connectivity index (χ0) is 59.7. The number of aromatic nitrogens is 2. The van der Waals surface area contributed by atoms with Crippen molar-refractivity contribution in [3.8, 4) is 11.5 Å². The van der Waals surface area contributed by atoms with Gasteiger partial charge in [0, 0.05) is 110 Å². The maximum Gasteiger partial charge on any atom is 0.320 e. The van der Waals surface area contributed by atoms with E-state index in [9.17, 15) is 26.2 Å². The molecule has 7 aliphatic rings. The van der Waals surface area contributed by atoms with E-state index in [0.717, 1.165) is 125 Å². The average molecular weight is 1220 g/mol. The molecule has 6 atom stereocenters. The Kier molecular flexibility index (Phi) is 21.0. The van der Waals surface area contributed by atoms with Gasteiger partial charge in [0.2, 0.25) is 15.4 Å². The first-order valence-electron chi connectivity index (χ1n) is 30.1. The highest BCUT2D eigenvalue weighted by Gasteiger charge is 2.44. The summed E-state index contributed by atoms with van der Waals surface area (Å²) in [6, 6.07) is 9.99. The fraction of sp³-hybridized carbons (Fsp3) is 0.583. The first-order chi connectivity index (χ1) is 41.0. The molecule has 0 amide bonds. The van der Waals surface area contributed by atoms with Crippen LogP contribution in [0.5, 0.6) is 11.5 Å². The third-order valence-corrected chi connectivity index (χ3v) is 18.4. The second kappa shape index (κ2) is 28.5. The zero-order valence-electron chi connectivity index (χ0n) is 48.5. The molecule has 0 radical (unpaired) electrons. The fourth-order valence-corrected chi connectivity index (χ4v) is 14.2. The number of aryl methyl sites for hydroxylation is 2. The lowest BCUT2D eigenvalue weighted by Gasteiger charge is -2.39. The number of sulfonamides is 1. The molecule has 462 valence electrons. The molecule has 8 heterocycles. The van der Waals surface area contributed by atoms with Crippen LogP contribution in [0.15, 0.2) is 52.6 Å². The Morgan fingerprint density at radius 3 is 2.31 bits per heavy atom. The number of hydrogen-bond donors (Lipinski definition) is 6. The summed E-state index contributed by atoms with van der Waals surface area (Å²) in [5.74, 6) is 0.767. The summed E-state index contributed by atoms with van der Waals surface area (Å²) in [5.41, 5.74) is 27.9. The number of nitrogens with one attached hydrogen (secondary N) is 2. The van der Waals surface area contributed by atoms with Gasteiger partial charge in [-0.05, 0) is 101 Å². The van der Waals surface area contributed by atoms with Crippen molar-refractivity contribution in [2.75, 3.05) is 109 Å². The number of rotatable bonds is 28. The van der Waals surface area contributed by atoms with Crippen LogP contribution in [0.2, 0.25) is 0 Å². The van der Waals surface area contributed by atoms with Crippen LogP contribution in [-0.4, -0.2) is 177 Å². The molecule has 11 rings (SSSR count). The predicted octanol–water partition coefficient (Wildman–Crippen LogP) is 2.31. The van der Waals surface area contributed by atoms with E-state index in [0.29, 0.717) is 114 Å². The van der Waals surface area contributed by atoms with Crippen LogP contribution in [0, 0.1) is 0 Å². The molecule has 25 heteroatoms. The average Bonchev–Trinajstić information content (AvgIpc) is 1.43. The Morgan fingerprint density at radius 2 is 1.55 bits per heavy atom. The van der Waals surface area contributed by atoms with Crippen LogP contribution in [0.25, 0.3) is 5.57 Å². The number of nitrogens with two attached hydrogens (primary N) is 3. The molecule has 3 aromatic carbocycles. The highest BCUT2D eigenvalue weighted by atomic mass is 32.2. The molecule has 0 aliphatic carbocycles. The predicted molar refractivity (Wildman–Crippen MR) is 320 cm³/mol. The molecule has 7 aliphatic heterocycles. The van der Waals surface area contributed by atoms with Gasteiger partial charge in [-0.15, -0.1) is 0 Å². The van der Waals surface area contributed by atoms with E-state index >= 15 is 0 Å². The Morgan fingerprint density at radius 1 is 0.847 bits per heavy atom. The van der Waals surface area contributed by atoms with Crippen LogP contribution in [0.1, 0.15) is 109 Å². The van der Waals surface area contributed by atoms with E-state index in [4.69, 9.17) is 50.7 Å². The summed E-state index contributed by atoms with van der Waals surface area (Å²) in [6.07, 6.45) is 15.3. The Balaban J connectivity index is 0.000000192. The van der Waals surface area contributed by atoms with Crippen molar-refractivity contribution < 1.29 is 59.7 Å². The molecule has 1 fully saturated rings. The van der Waals surface area contributed by atoms with Crippen molar-refractivity contribution in [3.63, 3.8) is 0 Å². The minimum Gasteiger partial charge on any atom is -0.744 e. The first-order valence-corrected chi connectivity index (χ1v) is 33.4. The van der Waals surface area contributed by atoms with Gasteiger partial charge in [-0.2, -0.15) is 0 Å². The van der Waals surface area contributed by atoms with E-state index in [1.807, 2.05) is 6.07 Å². The summed E-state index contributed by atoms with van der Waals surface area (Å²) in [6.45, 7) is 9.45. The molecular weight excluding hydrogens is 1130 g/mol. The second-order valence-electron chi connectivity index (χ2n) is 22.9. The summed E-state index contributed by atoms with van der Waals surface area (Å²) in [4.78, 5) is 26.3. The summed E-state index contributed by atoms with van der Waals surface area (Å²) in [7, 11) is -7.83. The number of carboxylic acids is 1. The molecule has 1 unspecified atom stereocenters. The summed E-state index contributed by atoms with van der Waals surface area (Å²) in [5, 5.41) is 14.7. The van der Waals surface area contributed by atoms with Gasteiger partial charge in [0.25, 0.3) is 0 Å². The van der Waals surface area contributed by atoms with Gasteiger partial charge in [0.05, 0.1) is 79.7 Å². The number of nitrogens with zero attached hydrogens (tertiary/aromatic N) is 5. The highest BCUT2D eigenvalue weighted by molar-refractivity contribution is 7.88. The van der Waals surface area contributed by atoms with Crippen LogP contribution in [0.4, 0.5) is 17.2 Å². The van der Waals surface area contributed by atoms with Gasteiger partial charge < -0.3 is 65.5 Å². The number of hydrogen-bond acceptors (Lipinski definition) is 20. The van der Waals surface area contributed by atoms with Crippen LogP contribution in [0.3, 0.4) is 0 Å². The standard InChI is InChI=1S/C31H30N2O4S.C29H52N8O9S/c34-38(35,36)26-12-2-1-9-21(26)27-24-17-19-7-3-13-32-15-5-10-22(28(19)32)30(24)37-31-23-11-6-16-33-14-4-8-20(29(23)33)18-25(27)31;1-47(40,41)37-7-3-10-43-13-15-44-14-12-42-9-2-6-33-8-11-45-24-17-21(16-20(30)4-5-23(31)29(38)39)46-27(24)22-18-34-26-25(22)35-19-36-28(26)32/h1-2,9,12,17-18H,3-8,10-11,13-16H2;18-24,27,33,37H,2-17,30-31H2,1H3,(H,38,39)(H2,32,35,36)/t;20-,21+,22?,23-,24+,27-/m.0/s1. The molecule has 85 heavy (non-hydrogen) atoms. The Labute approximate surface area is 497 Å². The minimum atomic E-state index is -4.68. The maximum atomic E-state index is 12.5. The van der Waals surface area contributed by atoms with E-state index < -0.39 is 32.2 Å². The number of carboxylic acid groups (broad SMARTS) is 1. The topological polar surface area (TPSA) is 331 Å². The molecule has 0 saturated carbocycles. The zero-order valence-corrected chi connectivity index (χ0v) is 50.1. The number of carbonyl (C=O) groups is 1. The van der Waals surface area contributed by atoms with E-state index in [1.165, 1.54) is 45.7 Å². The number of nitrogen functional groups attached to an aromatic ring is 1. The third-order valence-electron chi connectivity index (χ3n) is 16.8. The van der Waals surface area contributed by atoms with Crippen molar-refractivity contribution in [3.05, 3.63) is 92.4 Å². The van der Waals surface area contributed by atoms with E-state index in [2.05, 4.69) is 46.6 Å². The largest absolute Gasteiger partial charge is 0.744 e. The number of anilines is 2. The minimum absolute atomic E-state index is 0.158. The smallest absolute Gasteiger partial charge is 0.320 e. The van der Waals surface area contributed by atoms with Crippen LogP contribution < -0.4 is 52.0 Å². The molecule has 1 saturated heterocycles. The number of benzene rings is 3. The van der Waals surface area contributed by atoms with Crippen molar-refractivity contribution in [1.29, 1.82) is 0 Å². The van der Waals surface area contributed by atoms with Crippen molar-refractivity contribution in [2.45, 2.75) is 131 Å². The molecule has 9 N–H and O–H groups in total. The quantitative estimate of drug-likeness (QED) is 0.0238. The Bertz CT molecular complexity index is 3440. The van der Waals surface area contributed by atoms with Crippen LogP contribution in [-0.2, 0) is 74.3 Å². The molecule has 0 bridgehead atoms. The highest BCUT2D eigenvalue weighted by Crippen LogP contribution is 2.49. The third kappa shape index (κ3) is 15.2. The molecule has 1 aromatic heterocycles. The number of aliphatic carboxylic acids is 1. The normalized spacial score (nSPS) is 20.8. The van der Waals surface area contributed by atoms with Gasteiger partial charge in [0.1, 0.15) is 52.8 Å². The van der Waals surface area contributed by atoms with Gasteiger partial charge in [-0.25, -0.2) is 36.1 Å².